The average Bonchev–Trinajstić information content (AvgIpc) is 2.74. The van der Waals surface area contributed by atoms with Gasteiger partial charge in [0.15, 0.2) is 0 Å². The van der Waals surface area contributed by atoms with Crippen LogP contribution < -0.4 is 5.32 Å². The quantitative estimate of drug-likeness (QED) is 0.846. The number of carboxylic acid groups (broad SMARTS) is 1. The van der Waals surface area contributed by atoms with Crippen molar-refractivity contribution in [1.29, 1.82) is 0 Å². The summed E-state index contributed by atoms with van der Waals surface area (Å²) < 4.78 is 1.59. The molecule has 1 amide bonds. The lowest BCUT2D eigenvalue weighted by Crippen LogP contribution is -2.35. The van der Waals surface area contributed by atoms with Crippen LogP contribution in [-0.2, 0) is 16.6 Å². The van der Waals surface area contributed by atoms with E-state index in [4.69, 9.17) is 5.11 Å². The Kier molecular flexibility index (Phi) is 3.64. The Morgan fingerprint density at radius 1 is 1.39 bits per heavy atom. The molecule has 98 valence electrons. The van der Waals surface area contributed by atoms with Crippen molar-refractivity contribution in [3.63, 3.8) is 0 Å². The number of nitrogens with zero attached hydrogens (tertiary/aromatic N) is 2. The number of anilines is 1. The zero-order valence-corrected chi connectivity index (χ0v) is 10.3. The van der Waals surface area contributed by atoms with Gasteiger partial charge in [-0.25, -0.2) is 0 Å². The van der Waals surface area contributed by atoms with E-state index in [0.717, 1.165) is 12.8 Å². The molecule has 1 aromatic heterocycles. The summed E-state index contributed by atoms with van der Waals surface area (Å²) in [7, 11) is 1.76. The highest BCUT2D eigenvalue weighted by Gasteiger charge is 2.35. The Morgan fingerprint density at radius 2 is 2.06 bits per heavy atom. The van der Waals surface area contributed by atoms with E-state index in [1.165, 1.54) is 0 Å². The molecule has 0 saturated heterocycles. The number of hydrogen-bond donors (Lipinski definition) is 2. The van der Waals surface area contributed by atoms with Crippen LogP contribution in [0.4, 0.5) is 5.69 Å². The third kappa shape index (κ3) is 2.69. The molecule has 0 bridgehead atoms. The van der Waals surface area contributed by atoms with Crippen molar-refractivity contribution in [2.24, 2.45) is 18.9 Å². The second-order valence-electron chi connectivity index (χ2n) is 4.73. The molecule has 1 aliphatic carbocycles. The minimum Gasteiger partial charge on any atom is -0.481 e. The number of aryl methyl sites for hydroxylation is 1. The van der Waals surface area contributed by atoms with Gasteiger partial charge < -0.3 is 10.4 Å². The monoisotopic (exact) mass is 251 g/mol. The van der Waals surface area contributed by atoms with Crippen LogP contribution in [0.2, 0.25) is 0 Å². The summed E-state index contributed by atoms with van der Waals surface area (Å²) in [5.74, 6) is -2.08. The molecule has 1 saturated carbocycles. The molecule has 0 radical (unpaired) electrons. The maximum absolute atomic E-state index is 12.1. The van der Waals surface area contributed by atoms with Gasteiger partial charge in [0, 0.05) is 13.2 Å². The molecule has 0 aromatic carbocycles. The Balaban J connectivity index is 2.04. The predicted molar refractivity (Wildman–Crippen MR) is 64.9 cm³/mol. The van der Waals surface area contributed by atoms with Gasteiger partial charge in [-0.3, -0.25) is 14.3 Å². The van der Waals surface area contributed by atoms with E-state index < -0.39 is 17.8 Å². The molecule has 2 atom stereocenters. The van der Waals surface area contributed by atoms with E-state index in [2.05, 4.69) is 10.4 Å². The Labute approximate surface area is 105 Å². The molecule has 6 heteroatoms. The van der Waals surface area contributed by atoms with Crippen molar-refractivity contribution in [1.82, 2.24) is 9.78 Å². The number of carbonyl (C=O) groups is 2. The number of aromatic nitrogens is 2. The largest absolute Gasteiger partial charge is 0.481 e. The van der Waals surface area contributed by atoms with Crippen LogP contribution in [-0.4, -0.2) is 26.8 Å². The summed E-state index contributed by atoms with van der Waals surface area (Å²) in [5, 5.41) is 15.8. The molecule has 2 N–H and O–H groups in total. The number of carboxylic acids is 1. The van der Waals surface area contributed by atoms with Crippen LogP contribution >= 0.6 is 0 Å². The van der Waals surface area contributed by atoms with E-state index in [1.54, 1.807) is 24.1 Å². The van der Waals surface area contributed by atoms with E-state index in [0.29, 0.717) is 18.5 Å². The van der Waals surface area contributed by atoms with Crippen molar-refractivity contribution in [3.8, 4) is 0 Å². The number of carbonyl (C=O) groups excluding carboxylic acids is 1. The maximum Gasteiger partial charge on any atom is 0.307 e. The SMILES string of the molecule is Cn1cc(NC(=O)[C@@H]2CCCC[C@@H]2C(=O)O)cn1. The number of amides is 1. The van der Waals surface area contributed by atoms with Crippen molar-refractivity contribution in [2.75, 3.05) is 5.32 Å². The highest BCUT2D eigenvalue weighted by molar-refractivity contribution is 5.95. The first-order chi connectivity index (χ1) is 8.58. The molecular formula is C12H17N3O3. The van der Waals surface area contributed by atoms with Crippen molar-refractivity contribution in [3.05, 3.63) is 12.4 Å². The third-order valence-electron chi connectivity index (χ3n) is 3.39. The van der Waals surface area contributed by atoms with Gasteiger partial charge in [0.1, 0.15) is 0 Å². The highest BCUT2D eigenvalue weighted by atomic mass is 16.4. The standard InChI is InChI=1S/C12H17N3O3/c1-15-7-8(6-13-15)14-11(16)9-4-2-3-5-10(9)12(17)18/h6-7,9-10H,2-5H2,1H3,(H,14,16)(H,17,18)/t9-,10+/m1/s1. The van der Waals surface area contributed by atoms with Crippen LogP contribution in [0.1, 0.15) is 25.7 Å². The molecule has 2 rings (SSSR count). The molecule has 1 fully saturated rings. The van der Waals surface area contributed by atoms with Gasteiger partial charge in [0.05, 0.1) is 23.7 Å². The molecule has 0 aliphatic heterocycles. The second-order valence-corrected chi connectivity index (χ2v) is 4.73. The highest BCUT2D eigenvalue weighted by Crippen LogP contribution is 2.31. The first kappa shape index (κ1) is 12.6. The van der Waals surface area contributed by atoms with Crippen molar-refractivity contribution >= 4 is 17.6 Å². The fourth-order valence-corrected chi connectivity index (χ4v) is 2.46. The predicted octanol–water partition coefficient (Wildman–Crippen LogP) is 1.25. The van der Waals surface area contributed by atoms with Crippen LogP contribution in [0.15, 0.2) is 12.4 Å². The first-order valence-corrected chi connectivity index (χ1v) is 6.10. The van der Waals surface area contributed by atoms with Crippen LogP contribution in [0.3, 0.4) is 0 Å². The zero-order chi connectivity index (χ0) is 13.1. The summed E-state index contributed by atoms with van der Waals surface area (Å²) in [4.78, 5) is 23.2. The van der Waals surface area contributed by atoms with Gasteiger partial charge >= 0.3 is 5.97 Å². The minimum absolute atomic E-state index is 0.213. The van der Waals surface area contributed by atoms with Gasteiger partial charge in [-0.05, 0) is 12.8 Å². The number of aliphatic carboxylic acids is 1. The molecule has 1 aliphatic rings. The zero-order valence-electron chi connectivity index (χ0n) is 10.3. The van der Waals surface area contributed by atoms with Crippen molar-refractivity contribution in [2.45, 2.75) is 25.7 Å². The van der Waals surface area contributed by atoms with Crippen molar-refractivity contribution < 1.29 is 14.7 Å². The van der Waals surface area contributed by atoms with Crippen LogP contribution in [0, 0.1) is 11.8 Å². The van der Waals surface area contributed by atoms with E-state index in [-0.39, 0.29) is 5.91 Å². The third-order valence-corrected chi connectivity index (χ3v) is 3.39. The first-order valence-electron chi connectivity index (χ1n) is 6.10. The smallest absolute Gasteiger partial charge is 0.307 e. The van der Waals surface area contributed by atoms with Gasteiger partial charge in [-0.15, -0.1) is 0 Å². The lowest BCUT2D eigenvalue weighted by molar-refractivity contribution is -0.147. The normalized spacial score (nSPS) is 23.6. The second kappa shape index (κ2) is 5.20. The molecule has 0 unspecified atom stereocenters. The van der Waals surface area contributed by atoms with Crippen LogP contribution in [0.25, 0.3) is 0 Å². The minimum atomic E-state index is -0.874. The van der Waals surface area contributed by atoms with E-state index in [9.17, 15) is 9.59 Å². The summed E-state index contributed by atoms with van der Waals surface area (Å²) in [6.07, 6.45) is 6.26. The summed E-state index contributed by atoms with van der Waals surface area (Å²) in [5.41, 5.74) is 0.609. The average molecular weight is 251 g/mol. The summed E-state index contributed by atoms with van der Waals surface area (Å²) >= 11 is 0. The number of rotatable bonds is 3. The molecule has 1 aromatic rings. The topological polar surface area (TPSA) is 84.2 Å². The summed E-state index contributed by atoms with van der Waals surface area (Å²) in [6, 6.07) is 0. The molecule has 0 spiro atoms. The fourth-order valence-electron chi connectivity index (χ4n) is 2.46. The fraction of sp³-hybridized carbons (Fsp3) is 0.583. The lowest BCUT2D eigenvalue weighted by Gasteiger charge is -2.27. The van der Waals surface area contributed by atoms with Gasteiger partial charge in [-0.2, -0.15) is 5.10 Å². The Morgan fingerprint density at radius 3 is 2.61 bits per heavy atom. The molecular weight excluding hydrogens is 234 g/mol. The van der Waals surface area contributed by atoms with Gasteiger partial charge in [0.2, 0.25) is 5.91 Å². The molecule has 6 nitrogen and oxygen atoms in total. The van der Waals surface area contributed by atoms with Gasteiger partial charge in [0.25, 0.3) is 0 Å². The van der Waals surface area contributed by atoms with E-state index in [1.807, 2.05) is 0 Å². The number of nitrogens with one attached hydrogen (secondary N) is 1. The number of hydrogen-bond acceptors (Lipinski definition) is 3. The Bertz CT molecular complexity index is 455. The lowest BCUT2D eigenvalue weighted by atomic mass is 9.78. The Hall–Kier alpha value is -1.85. The van der Waals surface area contributed by atoms with Crippen LogP contribution in [0.5, 0.6) is 0 Å². The summed E-state index contributed by atoms with van der Waals surface area (Å²) in [6.45, 7) is 0. The van der Waals surface area contributed by atoms with Gasteiger partial charge in [-0.1, -0.05) is 12.8 Å². The molecule has 18 heavy (non-hydrogen) atoms. The molecule has 1 heterocycles. The maximum atomic E-state index is 12.1. The van der Waals surface area contributed by atoms with E-state index >= 15 is 0 Å².